The quantitative estimate of drug-likeness (QED) is 0.460. The second kappa shape index (κ2) is 7.63. The summed E-state index contributed by atoms with van der Waals surface area (Å²) in [6, 6.07) is 3.92. The Morgan fingerprint density at radius 1 is 1.16 bits per heavy atom. The van der Waals surface area contributed by atoms with Gasteiger partial charge in [0.25, 0.3) is 5.69 Å². The van der Waals surface area contributed by atoms with Crippen molar-refractivity contribution < 1.29 is 24.0 Å². The predicted octanol–water partition coefficient (Wildman–Crippen LogP) is 2.74. The molecule has 0 radical (unpaired) electrons. The summed E-state index contributed by atoms with van der Waals surface area (Å²) in [6.07, 6.45) is 6.02. The molecule has 1 heterocycles. The third kappa shape index (κ3) is 3.69. The maximum Gasteiger partial charge on any atom is 0.355 e. The standard InChI is InChI=1S/C16H13ClN2O6/c1-24-15(20)11-5-3-4-8-18(14(11)16(21)25-2)10-6-7-13(19(22)23)12(17)9-10/h3-9H,1-2H3. The molecule has 130 valence electrons. The van der Waals surface area contributed by atoms with Gasteiger partial charge in [0.2, 0.25) is 0 Å². The third-order valence-electron chi connectivity index (χ3n) is 3.30. The van der Waals surface area contributed by atoms with Crippen molar-refractivity contribution in [3.8, 4) is 0 Å². The summed E-state index contributed by atoms with van der Waals surface area (Å²) in [7, 11) is 2.35. The smallest absolute Gasteiger partial charge is 0.355 e. The molecule has 0 spiro atoms. The van der Waals surface area contributed by atoms with Crippen LogP contribution in [0.25, 0.3) is 0 Å². The Hall–Kier alpha value is -3.13. The molecular weight excluding hydrogens is 352 g/mol. The lowest BCUT2D eigenvalue weighted by Crippen LogP contribution is -2.26. The Balaban J connectivity index is 2.64. The summed E-state index contributed by atoms with van der Waals surface area (Å²) in [5, 5.41) is 10.8. The van der Waals surface area contributed by atoms with Gasteiger partial charge in [-0.2, -0.15) is 0 Å². The van der Waals surface area contributed by atoms with E-state index in [2.05, 4.69) is 0 Å². The van der Waals surface area contributed by atoms with Gasteiger partial charge in [-0.05, 0) is 24.3 Å². The van der Waals surface area contributed by atoms with Crippen LogP contribution >= 0.6 is 11.6 Å². The second-order valence-corrected chi connectivity index (χ2v) is 5.12. The first-order chi connectivity index (χ1) is 11.9. The monoisotopic (exact) mass is 364 g/mol. The number of methoxy groups -OCH3 is 2. The molecule has 1 aliphatic rings. The molecule has 8 nitrogen and oxygen atoms in total. The zero-order valence-electron chi connectivity index (χ0n) is 13.3. The van der Waals surface area contributed by atoms with E-state index in [0.717, 1.165) is 0 Å². The van der Waals surface area contributed by atoms with Crippen LogP contribution in [0.1, 0.15) is 0 Å². The number of nitro groups is 1. The van der Waals surface area contributed by atoms with Crippen molar-refractivity contribution in [3.63, 3.8) is 0 Å². The number of ether oxygens (including phenoxy) is 2. The van der Waals surface area contributed by atoms with Gasteiger partial charge in [0, 0.05) is 18.0 Å². The van der Waals surface area contributed by atoms with Gasteiger partial charge in [-0.1, -0.05) is 17.7 Å². The van der Waals surface area contributed by atoms with E-state index in [4.69, 9.17) is 21.1 Å². The number of carbonyl (C=O) groups is 2. The zero-order valence-corrected chi connectivity index (χ0v) is 14.0. The van der Waals surface area contributed by atoms with Crippen LogP contribution in [0, 0.1) is 10.1 Å². The topological polar surface area (TPSA) is 99.0 Å². The molecule has 0 N–H and O–H groups in total. The lowest BCUT2D eigenvalue weighted by Gasteiger charge is -2.23. The maximum atomic E-state index is 12.3. The van der Waals surface area contributed by atoms with Crippen molar-refractivity contribution in [2.45, 2.75) is 0 Å². The van der Waals surface area contributed by atoms with Gasteiger partial charge >= 0.3 is 11.9 Å². The van der Waals surface area contributed by atoms with Crippen LogP contribution in [0.15, 0.2) is 53.9 Å². The highest BCUT2D eigenvalue weighted by Gasteiger charge is 2.28. The number of rotatable bonds is 4. The molecule has 1 aromatic carbocycles. The molecule has 25 heavy (non-hydrogen) atoms. The molecule has 0 amide bonds. The Kier molecular flexibility index (Phi) is 5.56. The molecule has 1 aliphatic heterocycles. The van der Waals surface area contributed by atoms with Crippen molar-refractivity contribution in [1.29, 1.82) is 0 Å². The lowest BCUT2D eigenvalue weighted by atomic mass is 10.1. The predicted molar refractivity (Wildman–Crippen MR) is 89.9 cm³/mol. The average molecular weight is 365 g/mol. The number of halogens is 1. The highest BCUT2D eigenvalue weighted by molar-refractivity contribution is 6.33. The van der Waals surface area contributed by atoms with Crippen LogP contribution in [0.2, 0.25) is 5.02 Å². The molecule has 9 heteroatoms. The van der Waals surface area contributed by atoms with E-state index in [1.165, 1.54) is 49.6 Å². The fourth-order valence-electron chi connectivity index (χ4n) is 2.16. The van der Waals surface area contributed by atoms with Crippen LogP contribution in [0.5, 0.6) is 0 Å². The number of carbonyl (C=O) groups excluding carboxylic acids is 2. The van der Waals surface area contributed by atoms with Crippen molar-refractivity contribution in [3.05, 3.63) is 69.0 Å². The maximum absolute atomic E-state index is 12.3. The van der Waals surface area contributed by atoms with E-state index < -0.39 is 16.9 Å². The van der Waals surface area contributed by atoms with Gasteiger partial charge in [0.15, 0.2) is 0 Å². The molecular formula is C16H13ClN2O6. The van der Waals surface area contributed by atoms with Gasteiger partial charge in [-0.25, -0.2) is 9.59 Å². The number of nitro benzene ring substituents is 1. The summed E-state index contributed by atoms with van der Waals surface area (Å²) in [5.41, 5.74) is -0.0884. The first kappa shape index (κ1) is 18.2. The van der Waals surface area contributed by atoms with Gasteiger partial charge in [-0.15, -0.1) is 0 Å². The zero-order chi connectivity index (χ0) is 18.6. The average Bonchev–Trinajstić information content (AvgIpc) is 2.82. The highest BCUT2D eigenvalue weighted by atomic mass is 35.5. The van der Waals surface area contributed by atoms with Crippen molar-refractivity contribution >= 4 is 34.9 Å². The Labute approximate surface area is 147 Å². The fourth-order valence-corrected chi connectivity index (χ4v) is 2.40. The van der Waals surface area contributed by atoms with Gasteiger partial charge in [-0.3, -0.25) is 10.1 Å². The molecule has 0 unspecified atom stereocenters. The molecule has 1 aromatic rings. The van der Waals surface area contributed by atoms with E-state index in [1.807, 2.05) is 0 Å². The van der Waals surface area contributed by atoms with E-state index in [0.29, 0.717) is 5.69 Å². The van der Waals surface area contributed by atoms with Crippen LogP contribution in [0.3, 0.4) is 0 Å². The minimum Gasteiger partial charge on any atom is -0.465 e. The number of esters is 2. The summed E-state index contributed by atoms with van der Waals surface area (Å²) in [4.78, 5) is 35.9. The molecule has 0 fully saturated rings. The molecule has 0 saturated carbocycles. The Morgan fingerprint density at radius 3 is 2.40 bits per heavy atom. The van der Waals surface area contributed by atoms with Gasteiger partial charge < -0.3 is 14.4 Å². The van der Waals surface area contributed by atoms with Crippen molar-refractivity contribution in [2.75, 3.05) is 19.1 Å². The molecule has 0 aromatic heterocycles. The number of benzene rings is 1. The highest BCUT2D eigenvalue weighted by Crippen LogP contribution is 2.32. The normalized spacial score (nSPS) is 13.5. The molecule has 0 saturated heterocycles. The minimum atomic E-state index is -0.786. The summed E-state index contributed by atoms with van der Waals surface area (Å²) >= 11 is 5.94. The largest absolute Gasteiger partial charge is 0.465 e. The van der Waals surface area contributed by atoms with E-state index in [-0.39, 0.29) is 22.0 Å². The van der Waals surface area contributed by atoms with Crippen molar-refractivity contribution in [1.82, 2.24) is 0 Å². The summed E-state index contributed by atoms with van der Waals surface area (Å²) < 4.78 is 9.46. The Morgan fingerprint density at radius 2 is 1.84 bits per heavy atom. The first-order valence-electron chi connectivity index (χ1n) is 6.89. The lowest BCUT2D eigenvalue weighted by molar-refractivity contribution is -0.384. The van der Waals surface area contributed by atoms with Crippen LogP contribution in [-0.2, 0) is 19.1 Å². The van der Waals surface area contributed by atoms with E-state index >= 15 is 0 Å². The van der Waals surface area contributed by atoms with E-state index in [9.17, 15) is 19.7 Å². The number of allylic oxidation sites excluding steroid dienone is 2. The summed E-state index contributed by atoms with van der Waals surface area (Å²) in [6.45, 7) is 0. The minimum absolute atomic E-state index is 0.0335. The van der Waals surface area contributed by atoms with Crippen LogP contribution in [0.4, 0.5) is 11.4 Å². The second-order valence-electron chi connectivity index (χ2n) is 4.71. The molecule has 0 bridgehead atoms. The number of anilines is 1. The van der Waals surface area contributed by atoms with Gasteiger partial charge in [0.1, 0.15) is 10.7 Å². The number of hydrogen-bond acceptors (Lipinski definition) is 7. The van der Waals surface area contributed by atoms with Crippen LogP contribution in [-0.4, -0.2) is 31.1 Å². The Bertz CT molecular complexity index is 828. The SMILES string of the molecule is COC(=O)C1=C(C(=O)OC)N(c2ccc([N+](=O)[O-])c(Cl)c2)C=CC=C1. The van der Waals surface area contributed by atoms with Crippen LogP contribution < -0.4 is 4.90 Å². The number of nitrogens with zero attached hydrogens (tertiary/aromatic N) is 2. The first-order valence-corrected chi connectivity index (χ1v) is 7.27. The molecule has 2 rings (SSSR count). The summed E-state index contributed by atoms with van der Waals surface area (Å²) in [5.74, 6) is -1.52. The molecule has 0 aliphatic carbocycles. The third-order valence-corrected chi connectivity index (χ3v) is 3.60. The van der Waals surface area contributed by atoms with Gasteiger partial charge in [0.05, 0.1) is 24.7 Å². The fraction of sp³-hybridized carbons (Fsp3) is 0.125. The molecule has 0 atom stereocenters. The number of hydrogen-bond donors (Lipinski definition) is 0. The van der Waals surface area contributed by atoms with E-state index in [1.54, 1.807) is 12.2 Å². The van der Waals surface area contributed by atoms with Crippen molar-refractivity contribution in [2.24, 2.45) is 0 Å².